The Kier molecular flexibility index (Phi) is 2.67. The number of hydrogen-bond acceptors (Lipinski definition) is 4. The van der Waals surface area contributed by atoms with Crippen molar-refractivity contribution in [1.82, 2.24) is 15.1 Å². The van der Waals surface area contributed by atoms with Crippen LogP contribution in [0.4, 0.5) is 0 Å². The standard InChI is InChI=1S/C12H19N3O2/c1-14-11(16)6-10(12(14)17)13-8-4-5-15(7-8)9-2-3-9/h8-10,13H,2-7H2,1H3. The van der Waals surface area contributed by atoms with Gasteiger partial charge in [0, 0.05) is 32.2 Å². The van der Waals surface area contributed by atoms with E-state index in [1.807, 2.05) is 0 Å². The summed E-state index contributed by atoms with van der Waals surface area (Å²) in [7, 11) is 1.57. The van der Waals surface area contributed by atoms with E-state index in [0.29, 0.717) is 12.5 Å². The van der Waals surface area contributed by atoms with Crippen molar-refractivity contribution in [2.75, 3.05) is 20.1 Å². The molecular weight excluding hydrogens is 218 g/mol. The Morgan fingerprint density at radius 1 is 1.24 bits per heavy atom. The molecule has 2 aliphatic heterocycles. The Hall–Kier alpha value is -0.940. The largest absolute Gasteiger partial charge is 0.301 e. The molecule has 2 heterocycles. The van der Waals surface area contributed by atoms with E-state index >= 15 is 0 Å². The molecule has 2 amide bonds. The highest BCUT2D eigenvalue weighted by atomic mass is 16.2. The fraction of sp³-hybridized carbons (Fsp3) is 0.833. The molecule has 1 aliphatic carbocycles. The van der Waals surface area contributed by atoms with Crippen molar-refractivity contribution in [2.24, 2.45) is 0 Å². The Labute approximate surface area is 101 Å². The van der Waals surface area contributed by atoms with Gasteiger partial charge in [0.25, 0.3) is 0 Å². The molecule has 5 heteroatoms. The van der Waals surface area contributed by atoms with Crippen LogP contribution in [-0.4, -0.2) is 59.9 Å². The van der Waals surface area contributed by atoms with E-state index in [-0.39, 0.29) is 17.9 Å². The van der Waals surface area contributed by atoms with Gasteiger partial charge in [-0.2, -0.15) is 0 Å². The Morgan fingerprint density at radius 3 is 2.59 bits per heavy atom. The molecule has 2 atom stereocenters. The molecule has 1 saturated carbocycles. The number of rotatable bonds is 3. The van der Waals surface area contributed by atoms with Gasteiger partial charge in [0.1, 0.15) is 0 Å². The molecule has 2 unspecified atom stereocenters. The molecule has 0 radical (unpaired) electrons. The van der Waals surface area contributed by atoms with Crippen LogP contribution in [0.15, 0.2) is 0 Å². The van der Waals surface area contributed by atoms with E-state index in [1.165, 1.54) is 17.7 Å². The highest BCUT2D eigenvalue weighted by Gasteiger charge is 2.40. The first-order valence-electron chi connectivity index (χ1n) is 6.45. The number of carbonyl (C=O) groups excluding carboxylic acids is 2. The maximum Gasteiger partial charge on any atom is 0.246 e. The maximum absolute atomic E-state index is 11.8. The van der Waals surface area contributed by atoms with Crippen LogP contribution in [0.2, 0.25) is 0 Å². The SMILES string of the molecule is CN1C(=O)CC(NC2CCN(C3CC3)C2)C1=O. The predicted molar refractivity (Wildman–Crippen MR) is 62.3 cm³/mol. The van der Waals surface area contributed by atoms with Crippen LogP contribution in [0, 0.1) is 0 Å². The van der Waals surface area contributed by atoms with Crippen molar-refractivity contribution in [1.29, 1.82) is 0 Å². The van der Waals surface area contributed by atoms with Crippen molar-refractivity contribution in [2.45, 2.75) is 43.8 Å². The summed E-state index contributed by atoms with van der Waals surface area (Å²) in [6.45, 7) is 2.17. The topological polar surface area (TPSA) is 52.7 Å². The van der Waals surface area contributed by atoms with Gasteiger partial charge < -0.3 is 5.32 Å². The summed E-state index contributed by atoms with van der Waals surface area (Å²) in [4.78, 5) is 26.9. The van der Waals surface area contributed by atoms with E-state index in [4.69, 9.17) is 0 Å². The second kappa shape index (κ2) is 4.07. The third-order valence-electron chi connectivity index (χ3n) is 4.10. The number of nitrogens with zero attached hydrogens (tertiary/aromatic N) is 2. The van der Waals surface area contributed by atoms with Gasteiger partial charge in [-0.3, -0.25) is 19.4 Å². The molecular formula is C12H19N3O2. The molecule has 0 bridgehead atoms. The second-order valence-electron chi connectivity index (χ2n) is 5.43. The van der Waals surface area contributed by atoms with E-state index in [2.05, 4.69) is 10.2 Å². The van der Waals surface area contributed by atoms with Gasteiger partial charge in [-0.25, -0.2) is 0 Å². The van der Waals surface area contributed by atoms with Crippen molar-refractivity contribution in [3.8, 4) is 0 Å². The molecule has 0 spiro atoms. The molecule has 0 aromatic rings. The number of likely N-dealkylation sites (N-methyl/N-ethyl adjacent to an activating group) is 1. The summed E-state index contributed by atoms with van der Waals surface area (Å²) < 4.78 is 0. The smallest absolute Gasteiger partial charge is 0.246 e. The summed E-state index contributed by atoms with van der Waals surface area (Å²) in [5, 5.41) is 3.35. The number of imide groups is 1. The van der Waals surface area contributed by atoms with Crippen LogP contribution in [0.25, 0.3) is 0 Å². The minimum Gasteiger partial charge on any atom is -0.301 e. The Balaban J connectivity index is 1.54. The zero-order valence-electron chi connectivity index (χ0n) is 10.2. The zero-order valence-corrected chi connectivity index (χ0v) is 10.2. The second-order valence-corrected chi connectivity index (χ2v) is 5.43. The summed E-state index contributed by atoms with van der Waals surface area (Å²) in [5.41, 5.74) is 0. The highest BCUT2D eigenvalue weighted by molar-refractivity contribution is 6.05. The van der Waals surface area contributed by atoms with Crippen LogP contribution in [0.5, 0.6) is 0 Å². The quantitative estimate of drug-likeness (QED) is 0.677. The van der Waals surface area contributed by atoms with Gasteiger partial charge in [-0.15, -0.1) is 0 Å². The van der Waals surface area contributed by atoms with Crippen LogP contribution in [-0.2, 0) is 9.59 Å². The molecule has 0 aromatic carbocycles. The summed E-state index contributed by atoms with van der Waals surface area (Å²) in [6, 6.07) is 0.894. The van der Waals surface area contributed by atoms with Gasteiger partial charge in [0.05, 0.1) is 12.5 Å². The first-order valence-corrected chi connectivity index (χ1v) is 6.45. The highest BCUT2D eigenvalue weighted by Crippen LogP contribution is 2.30. The fourth-order valence-electron chi connectivity index (χ4n) is 2.86. The Morgan fingerprint density at radius 2 is 2.00 bits per heavy atom. The van der Waals surface area contributed by atoms with Gasteiger partial charge in [0.2, 0.25) is 11.8 Å². The number of nitrogens with one attached hydrogen (secondary N) is 1. The minimum absolute atomic E-state index is 0.0652. The van der Waals surface area contributed by atoms with Crippen molar-refractivity contribution >= 4 is 11.8 Å². The van der Waals surface area contributed by atoms with E-state index in [0.717, 1.165) is 25.6 Å². The van der Waals surface area contributed by atoms with Gasteiger partial charge >= 0.3 is 0 Å². The molecule has 1 N–H and O–H groups in total. The average molecular weight is 237 g/mol. The average Bonchev–Trinajstić information content (AvgIpc) is 3.02. The molecule has 0 aromatic heterocycles. The number of amides is 2. The number of carbonyl (C=O) groups is 2. The van der Waals surface area contributed by atoms with Crippen LogP contribution < -0.4 is 5.32 Å². The first-order chi connectivity index (χ1) is 8.15. The lowest BCUT2D eigenvalue weighted by atomic mass is 10.2. The van der Waals surface area contributed by atoms with E-state index < -0.39 is 0 Å². The maximum atomic E-state index is 11.8. The van der Waals surface area contributed by atoms with Gasteiger partial charge in [0.15, 0.2) is 0 Å². The molecule has 3 aliphatic rings. The van der Waals surface area contributed by atoms with Gasteiger partial charge in [-0.05, 0) is 19.3 Å². The third kappa shape index (κ3) is 2.09. The Bertz CT molecular complexity index is 354. The number of hydrogen-bond donors (Lipinski definition) is 1. The molecule has 2 saturated heterocycles. The summed E-state index contributed by atoms with van der Waals surface area (Å²) >= 11 is 0. The normalized spacial score (nSPS) is 35.0. The first kappa shape index (κ1) is 11.2. The molecule has 17 heavy (non-hydrogen) atoms. The monoisotopic (exact) mass is 237 g/mol. The molecule has 94 valence electrons. The van der Waals surface area contributed by atoms with Gasteiger partial charge in [-0.1, -0.05) is 0 Å². The van der Waals surface area contributed by atoms with Crippen LogP contribution in [0.3, 0.4) is 0 Å². The fourth-order valence-corrected chi connectivity index (χ4v) is 2.86. The summed E-state index contributed by atoms with van der Waals surface area (Å²) in [5.74, 6) is -0.135. The van der Waals surface area contributed by atoms with Crippen molar-refractivity contribution in [3.05, 3.63) is 0 Å². The van der Waals surface area contributed by atoms with E-state index in [9.17, 15) is 9.59 Å². The van der Waals surface area contributed by atoms with Crippen molar-refractivity contribution in [3.63, 3.8) is 0 Å². The third-order valence-corrected chi connectivity index (χ3v) is 4.10. The van der Waals surface area contributed by atoms with E-state index in [1.54, 1.807) is 7.05 Å². The molecule has 5 nitrogen and oxygen atoms in total. The summed E-state index contributed by atoms with van der Waals surface area (Å²) in [6.07, 6.45) is 4.08. The predicted octanol–water partition coefficient (Wildman–Crippen LogP) is -0.430. The lowest BCUT2D eigenvalue weighted by Gasteiger charge is -2.18. The van der Waals surface area contributed by atoms with Crippen LogP contribution in [0.1, 0.15) is 25.7 Å². The molecule has 3 rings (SSSR count). The molecule has 3 fully saturated rings. The lowest BCUT2D eigenvalue weighted by Crippen LogP contribution is -2.44. The van der Waals surface area contributed by atoms with Crippen LogP contribution >= 0.6 is 0 Å². The lowest BCUT2D eigenvalue weighted by molar-refractivity contribution is -0.137. The minimum atomic E-state index is -0.281. The zero-order chi connectivity index (χ0) is 12.0. The van der Waals surface area contributed by atoms with Crippen molar-refractivity contribution < 1.29 is 9.59 Å². The number of likely N-dealkylation sites (tertiary alicyclic amines) is 2.